The average Bonchev–Trinajstić information content (AvgIpc) is 3.44. The number of ether oxygens (including phenoxy) is 1. The topological polar surface area (TPSA) is 59.4 Å². The molecule has 6 heteroatoms. The first-order valence-corrected chi connectivity index (χ1v) is 9.97. The molecule has 2 aromatic rings. The van der Waals surface area contributed by atoms with Crippen molar-refractivity contribution in [2.45, 2.75) is 51.1 Å². The second kappa shape index (κ2) is 8.03. The van der Waals surface area contributed by atoms with Crippen LogP contribution in [0.25, 0.3) is 0 Å². The maximum atomic E-state index is 13.0. The van der Waals surface area contributed by atoms with Crippen molar-refractivity contribution >= 4 is 11.7 Å². The van der Waals surface area contributed by atoms with Gasteiger partial charge in [-0.3, -0.25) is 4.68 Å². The van der Waals surface area contributed by atoms with Gasteiger partial charge in [-0.05, 0) is 49.3 Å². The Kier molecular flexibility index (Phi) is 5.32. The van der Waals surface area contributed by atoms with Crippen LogP contribution in [0, 0.1) is 5.92 Å². The molecule has 144 valence electrons. The zero-order valence-corrected chi connectivity index (χ0v) is 15.9. The van der Waals surface area contributed by atoms with Crippen LogP contribution in [0.2, 0.25) is 0 Å². The van der Waals surface area contributed by atoms with Crippen LogP contribution in [0.5, 0.6) is 5.75 Å². The average molecular weight is 368 g/mol. The maximum Gasteiger partial charge on any atom is 0.322 e. The summed E-state index contributed by atoms with van der Waals surface area (Å²) in [4.78, 5) is 15.0. The molecule has 4 rings (SSSR count). The molecule has 6 nitrogen and oxygen atoms in total. The maximum absolute atomic E-state index is 13.0. The third-order valence-electron chi connectivity index (χ3n) is 5.54. The van der Waals surface area contributed by atoms with E-state index in [-0.39, 0.29) is 12.1 Å². The number of nitrogens with zero attached hydrogens (tertiary/aromatic N) is 3. The van der Waals surface area contributed by atoms with E-state index in [0.29, 0.717) is 0 Å². The number of methoxy groups -OCH3 is 1. The molecular formula is C21H28N4O2. The molecule has 1 N–H and O–H groups in total. The van der Waals surface area contributed by atoms with Gasteiger partial charge in [-0.15, -0.1) is 0 Å². The van der Waals surface area contributed by atoms with E-state index in [1.54, 1.807) is 13.3 Å². The van der Waals surface area contributed by atoms with E-state index < -0.39 is 0 Å². The van der Waals surface area contributed by atoms with Crippen molar-refractivity contribution in [1.29, 1.82) is 0 Å². The van der Waals surface area contributed by atoms with Crippen molar-refractivity contribution in [2.75, 3.05) is 19.0 Å². The van der Waals surface area contributed by atoms with Gasteiger partial charge in [0.05, 0.1) is 25.0 Å². The summed E-state index contributed by atoms with van der Waals surface area (Å²) >= 11 is 0. The van der Waals surface area contributed by atoms with E-state index in [1.165, 1.54) is 12.8 Å². The summed E-state index contributed by atoms with van der Waals surface area (Å²) in [5, 5.41) is 7.43. The van der Waals surface area contributed by atoms with Crippen molar-refractivity contribution in [2.24, 2.45) is 5.92 Å². The number of aromatic nitrogens is 2. The van der Waals surface area contributed by atoms with Gasteiger partial charge in [0.2, 0.25) is 0 Å². The Morgan fingerprint density at radius 3 is 2.74 bits per heavy atom. The van der Waals surface area contributed by atoms with Crippen molar-refractivity contribution in [1.82, 2.24) is 14.7 Å². The molecule has 2 aliphatic rings. The zero-order valence-electron chi connectivity index (χ0n) is 15.9. The van der Waals surface area contributed by atoms with E-state index in [2.05, 4.69) is 22.5 Å². The van der Waals surface area contributed by atoms with Crippen LogP contribution >= 0.6 is 0 Å². The molecular weight excluding hydrogens is 340 g/mol. The van der Waals surface area contributed by atoms with Crippen LogP contribution in [0.1, 0.15) is 50.1 Å². The van der Waals surface area contributed by atoms with Gasteiger partial charge in [-0.2, -0.15) is 5.10 Å². The Morgan fingerprint density at radius 2 is 2.00 bits per heavy atom. The molecule has 1 atom stereocenters. The van der Waals surface area contributed by atoms with Crippen molar-refractivity contribution in [3.63, 3.8) is 0 Å². The second-order valence-electron chi connectivity index (χ2n) is 7.66. The lowest BCUT2D eigenvalue weighted by Crippen LogP contribution is -2.38. The molecule has 2 heterocycles. The fraction of sp³-hybridized carbons (Fsp3) is 0.524. The zero-order chi connectivity index (χ0) is 18.6. The third kappa shape index (κ3) is 4.43. The largest absolute Gasteiger partial charge is 0.497 e. The Bertz CT molecular complexity index is 767. The van der Waals surface area contributed by atoms with Gasteiger partial charge in [0, 0.05) is 19.3 Å². The first-order valence-electron chi connectivity index (χ1n) is 9.97. The minimum absolute atomic E-state index is 0.0383. The van der Waals surface area contributed by atoms with Gasteiger partial charge in [0.25, 0.3) is 0 Å². The second-order valence-corrected chi connectivity index (χ2v) is 7.66. The van der Waals surface area contributed by atoms with Crippen LogP contribution in [-0.4, -0.2) is 34.4 Å². The predicted molar refractivity (Wildman–Crippen MR) is 105 cm³/mol. The molecule has 0 spiro atoms. The third-order valence-corrected chi connectivity index (χ3v) is 5.54. The molecule has 1 saturated carbocycles. The van der Waals surface area contributed by atoms with Crippen LogP contribution in [0.3, 0.4) is 0 Å². The highest BCUT2D eigenvalue weighted by atomic mass is 16.5. The van der Waals surface area contributed by atoms with Crippen LogP contribution in [0.4, 0.5) is 10.5 Å². The minimum Gasteiger partial charge on any atom is -0.497 e. The monoisotopic (exact) mass is 368 g/mol. The number of benzene rings is 1. The van der Waals surface area contributed by atoms with Crippen molar-refractivity contribution < 1.29 is 9.53 Å². The number of hydrogen-bond donors (Lipinski definition) is 1. The Balaban J connectivity index is 1.47. The smallest absolute Gasteiger partial charge is 0.322 e. The predicted octanol–water partition coefficient (Wildman–Crippen LogP) is 4.45. The van der Waals surface area contributed by atoms with E-state index in [0.717, 1.165) is 61.7 Å². The first kappa shape index (κ1) is 17.9. The molecule has 1 unspecified atom stereocenters. The summed E-state index contributed by atoms with van der Waals surface area (Å²) in [6.07, 6.45) is 10.6. The molecule has 2 fully saturated rings. The standard InChI is InChI=1S/C21H28N4O2/c1-27-19-10-8-17(9-11-19)20-5-3-2-4-12-25(20)21(26)23-18-13-22-24(15-18)14-16-6-7-16/h8-11,13,15-16,20H,2-7,12,14H2,1H3,(H,23,26). The lowest BCUT2D eigenvalue weighted by Gasteiger charge is -2.30. The molecule has 1 aromatic heterocycles. The SMILES string of the molecule is COc1ccc(C2CCCCCN2C(=O)Nc2cnn(CC3CC3)c2)cc1. The van der Waals surface area contributed by atoms with Crippen LogP contribution in [0.15, 0.2) is 36.7 Å². The van der Waals surface area contributed by atoms with E-state index in [1.807, 2.05) is 27.9 Å². The molecule has 0 bridgehead atoms. The number of carbonyl (C=O) groups is 1. The fourth-order valence-corrected chi connectivity index (χ4v) is 3.81. The van der Waals surface area contributed by atoms with E-state index >= 15 is 0 Å². The van der Waals surface area contributed by atoms with Gasteiger partial charge >= 0.3 is 6.03 Å². The minimum atomic E-state index is -0.0383. The van der Waals surface area contributed by atoms with Gasteiger partial charge in [0.15, 0.2) is 0 Å². The lowest BCUT2D eigenvalue weighted by atomic mass is 10.0. The summed E-state index contributed by atoms with van der Waals surface area (Å²) in [5.41, 5.74) is 1.94. The molecule has 1 aliphatic heterocycles. The number of carbonyl (C=O) groups excluding carboxylic acids is 1. The summed E-state index contributed by atoms with van der Waals surface area (Å²) in [5.74, 6) is 1.60. The number of likely N-dealkylation sites (tertiary alicyclic amines) is 1. The Labute approximate surface area is 160 Å². The first-order chi connectivity index (χ1) is 13.2. The summed E-state index contributed by atoms with van der Waals surface area (Å²) in [6, 6.07) is 8.14. The fourth-order valence-electron chi connectivity index (χ4n) is 3.81. The number of hydrogen-bond acceptors (Lipinski definition) is 3. The number of anilines is 1. The van der Waals surface area contributed by atoms with Gasteiger partial charge < -0.3 is 15.0 Å². The van der Waals surface area contributed by atoms with Crippen molar-refractivity contribution in [3.8, 4) is 5.75 Å². The molecule has 0 radical (unpaired) electrons. The van der Waals surface area contributed by atoms with Gasteiger partial charge in [-0.1, -0.05) is 25.0 Å². The highest BCUT2D eigenvalue weighted by Crippen LogP contribution is 2.32. The summed E-state index contributed by atoms with van der Waals surface area (Å²) < 4.78 is 7.21. The normalized spacial score (nSPS) is 20.2. The lowest BCUT2D eigenvalue weighted by molar-refractivity contribution is 0.189. The number of rotatable bonds is 5. The highest BCUT2D eigenvalue weighted by molar-refractivity contribution is 5.89. The van der Waals surface area contributed by atoms with Gasteiger partial charge in [0.1, 0.15) is 5.75 Å². The summed E-state index contributed by atoms with van der Waals surface area (Å²) in [7, 11) is 1.67. The Morgan fingerprint density at radius 1 is 1.19 bits per heavy atom. The number of nitrogens with one attached hydrogen (secondary N) is 1. The Hall–Kier alpha value is -2.50. The highest BCUT2D eigenvalue weighted by Gasteiger charge is 2.27. The molecule has 1 aromatic carbocycles. The summed E-state index contributed by atoms with van der Waals surface area (Å²) in [6.45, 7) is 1.73. The van der Waals surface area contributed by atoms with Gasteiger partial charge in [-0.25, -0.2) is 4.79 Å². The number of urea groups is 1. The van der Waals surface area contributed by atoms with Crippen molar-refractivity contribution in [3.05, 3.63) is 42.2 Å². The van der Waals surface area contributed by atoms with E-state index in [4.69, 9.17) is 4.74 Å². The molecule has 1 aliphatic carbocycles. The molecule has 2 amide bonds. The molecule has 27 heavy (non-hydrogen) atoms. The molecule has 1 saturated heterocycles. The quantitative estimate of drug-likeness (QED) is 0.848. The van der Waals surface area contributed by atoms with E-state index in [9.17, 15) is 4.79 Å². The van der Waals surface area contributed by atoms with Crippen LogP contribution < -0.4 is 10.1 Å². The van der Waals surface area contributed by atoms with Crippen LogP contribution in [-0.2, 0) is 6.54 Å². The number of amides is 2.